The Hall–Kier alpha value is -2.08. The normalized spacial score (nSPS) is 22.8. The van der Waals surface area contributed by atoms with Gasteiger partial charge in [-0.1, -0.05) is 0 Å². The van der Waals surface area contributed by atoms with Gasteiger partial charge in [-0.15, -0.1) is 0 Å². The molecule has 2 fully saturated rings. The van der Waals surface area contributed by atoms with Crippen LogP contribution in [-0.2, 0) is 28.7 Å². The van der Waals surface area contributed by atoms with Gasteiger partial charge in [-0.3, -0.25) is 33.9 Å². The fraction of sp³-hybridized carbons (Fsp3) is 0.714. The van der Waals surface area contributed by atoms with Crippen molar-refractivity contribution in [2.75, 3.05) is 58.9 Å². The number of nitrogens with zero attached hydrogens (tertiary/aromatic N) is 3. The molecular formula is C14H21N3O8. The number of rotatable bonds is 8. The number of aliphatic hydroxyl groups excluding tert-OH is 1. The average molecular weight is 359 g/mol. The van der Waals surface area contributed by atoms with E-state index in [2.05, 4.69) is 9.47 Å². The molecule has 25 heavy (non-hydrogen) atoms. The number of carboxylic acids is 1. The van der Waals surface area contributed by atoms with E-state index < -0.39 is 30.2 Å². The molecule has 2 rings (SSSR count). The van der Waals surface area contributed by atoms with Crippen molar-refractivity contribution in [1.82, 2.24) is 14.7 Å². The third-order valence-electron chi connectivity index (χ3n) is 3.79. The van der Waals surface area contributed by atoms with E-state index in [9.17, 15) is 24.3 Å². The summed E-state index contributed by atoms with van der Waals surface area (Å²) in [4.78, 5) is 49.7. The lowest BCUT2D eigenvalue weighted by atomic mass is 10.3. The van der Waals surface area contributed by atoms with Gasteiger partial charge < -0.3 is 19.7 Å². The number of cyclic esters (lactones) is 3. The molecule has 0 aliphatic carbocycles. The van der Waals surface area contributed by atoms with E-state index in [0.29, 0.717) is 26.2 Å². The summed E-state index contributed by atoms with van der Waals surface area (Å²) in [6.45, 7) is 1.33. The summed E-state index contributed by atoms with van der Waals surface area (Å²) in [7, 11) is 0. The molecule has 2 aliphatic rings. The van der Waals surface area contributed by atoms with Crippen LogP contribution in [0.3, 0.4) is 0 Å². The van der Waals surface area contributed by atoms with Crippen LogP contribution in [0.4, 0.5) is 0 Å². The van der Waals surface area contributed by atoms with E-state index in [1.165, 1.54) is 0 Å². The molecule has 0 aromatic heterocycles. The molecule has 2 N–H and O–H groups in total. The predicted octanol–water partition coefficient (Wildman–Crippen LogP) is -3.06. The van der Waals surface area contributed by atoms with Gasteiger partial charge in [0.05, 0.1) is 32.7 Å². The number of carboxylic acid groups (broad SMARTS) is 1. The summed E-state index contributed by atoms with van der Waals surface area (Å²) >= 11 is 0. The number of hydrogen-bond donors (Lipinski definition) is 2. The monoisotopic (exact) mass is 359 g/mol. The van der Waals surface area contributed by atoms with Crippen molar-refractivity contribution in [1.29, 1.82) is 0 Å². The molecule has 1 unspecified atom stereocenters. The first kappa shape index (κ1) is 19.2. The number of esters is 3. The molecule has 1 atom stereocenters. The van der Waals surface area contributed by atoms with Crippen LogP contribution in [0.1, 0.15) is 0 Å². The van der Waals surface area contributed by atoms with Crippen molar-refractivity contribution < 1.29 is 38.9 Å². The van der Waals surface area contributed by atoms with Crippen molar-refractivity contribution in [3.05, 3.63) is 0 Å². The second-order valence-electron chi connectivity index (χ2n) is 5.91. The lowest BCUT2D eigenvalue weighted by molar-refractivity contribution is -0.184. The number of carbonyl (C=O) groups excluding carboxylic acids is 3. The summed E-state index contributed by atoms with van der Waals surface area (Å²) in [6.07, 6.45) is -1.18. The molecule has 0 aromatic rings. The summed E-state index contributed by atoms with van der Waals surface area (Å²) in [6, 6.07) is 0. The molecule has 0 spiro atoms. The number of carbonyl (C=O) groups is 4. The van der Waals surface area contributed by atoms with Crippen LogP contribution in [0.2, 0.25) is 0 Å². The van der Waals surface area contributed by atoms with Crippen LogP contribution in [-0.4, -0.2) is 114 Å². The van der Waals surface area contributed by atoms with Gasteiger partial charge in [0, 0.05) is 26.2 Å². The molecule has 0 radical (unpaired) electrons. The maximum absolute atomic E-state index is 11.3. The topological polar surface area (TPSA) is 137 Å². The Labute approximate surface area is 143 Å². The van der Waals surface area contributed by atoms with E-state index in [1.54, 1.807) is 14.7 Å². The zero-order valence-electron chi connectivity index (χ0n) is 13.6. The molecule has 2 heterocycles. The molecule has 2 saturated heterocycles. The minimum absolute atomic E-state index is 0.0171. The SMILES string of the molecule is O=C(O)CN(CCN1CC(=O)OC(=O)C1)CCN1CC(=O)OC(O)C1. The van der Waals surface area contributed by atoms with Crippen LogP contribution in [0, 0.1) is 0 Å². The molecular weight excluding hydrogens is 338 g/mol. The summed E-state index contributed by atoms with van der Waals surface area (Å²) in [5.41, 5.74) is 0. The summed E-state index contributed by atoms with van der Waals surface area (Å²) < 4.78 is 9.05. The van der Waals surface area contributed by atoms with Crippen molar-refractivity contribution in [2.24, 2.45) is 0 Å². The molecule has 11 heteroatoms. The highest BCUT2D eigenvalue weighted by Crippen LogP contribution is 2.05. The highest BCUT2D eigenvalue weighted by Gasteiger charge is 2.27. The van der Waals surface area contributed by atoms with E-state index in [4.69, 9.17) is 5.11 Å². The van der Waals surface area contributed by atoms with Crippen LogP contribution in [0.5, 0.6) is 0 Å². The highest BCUT2D eigenvalue weighted by atomic mass is 16.6. The zero-order valence-corrected chi connectivity index (χ0v) is 13.6. The fourth-order valence-corrected chi connectivity index (χ4v) is 2.66. The molecule has 0 amide bonds. The van der Waals surface area contributed by atoms with Gasteiger partial charge in [-0.05, 0) is 0 Å². The summed E-state index contributed by atoms with van der Waals surface area (Å²) in [5.74, 6) is -2.79. The largest absolute Gasteiger partial charge is 0.480 e. The smallest absolute Gasteiger partial charge is 0.327 e. The van der Waals surface area contributed by atoms with Gasteiger partial charge in [0.1, 0.15) is 0 Å². The zero-order chi connectivity index (χ0) is 18.4. The van der Waals surface area contributed by atoms with Gasteiger partial charge in [0.15, 0.2) is 0 Å². The number of β-amino-alcohol motifs (C(OH)–C–C–N with tert-alkyl or cyclic N) is 1. The quantitative estimate of drug-likeness (QED) is 0.337. The molecule has 0 saturated carbocycles. The minimum Gasteiger partial charge on any atom is -0.480 e. The fourth-order valence-electron chi connectivity index (χ4n) is 2.66. The number of aliphatic carboxylic acids is 1. The molecule has 11 nitrogen and oxygen atoms in total. The van der Waals surface area contributed by atoms with Crippen LogP contribution in [0.15, 0.2) is 0 Å². The first-order valence-electron chi connectivity index (χ1n) is 7.81. The average Bonchev–Trinajstić information content (AvgIpc) is 2.47. The number of morpholine rings is 2. The van der Waals surface area contributed by atoms with Gasteiger partial charge in [-0.2, -0.15) is 0 Å². The van der Waals surface area contributed by atoms with Crippen molar-refractivity contribution in [3.8, 4) is 0 Å². The van der Waals surface area contributed by atoms with Gasteiger partial charge in [0.25, 0.3) is 0 Å². The first-order valence-corrected chi connectivity index (χ1v) is 7.81. The number of aliphatic hydroxyl groups is 1. The van der Waals surface area contributed by atoms with E-state index >= 15 is 0 Å². The Kier molecular flexibility index (Phi) is 6.82. The standard InChI is InChI=1S/C14H21N3O8/c18-10(19)5-15(1-3-16-6-11(20)24-12(21)7-16)2-4-17-8-13(22)25-14(23)9-17/h11,20H,1-9H2,(H,18,19). The molecule has 0 bridgehead atoms. The van der Waals surface area contributed by atoms with E-state index in [1.807, 2.05) is 0 Å². The lowest BCUT2D eigenvalue weighted by Crippen LogP contribution is -2.50. The third kappa shape index (κ3) is 6.74. The number of hydrogen-bond acceptors (Lipinski definition) is 10. The van der Waals surface area contributed by atoms with E-state index in [0.717, 1.165) is 0 Å². The van der Waals surface area contributed by atoms with Crippen LogP contribution < -0.4 is 0 Å². The Balaban J connectivity index is 1.81. The Morgan fingerprint density at radius 1 is 1.04 bits per heavy atom. The maximum atomic E-state index is 11.3. The van der Waals surface area contributed by atoms with E-state index in [-0.39, 0.29) is 32.7 Å². The Morgan fingerprint density at radius 3 is 2.16 bits per heavy atom. The van der Waals surface area contributed by atoms with Crippen LogP contribution >= 0.6 is 0 Å². The number of ether oxygens (including phenoxy) is 2. The van der Waals surface area contributed by atoms with Gasteiger partial charge in [-0.25, -0.2) is 0 Å². The minimum atomic E-state index is -1.18. The van der Waals surface area contributed by atoms with Crippen molar-refractivity contribution >= 4 is 23.9 Å². The molecule has 2 aliphatic heterocycles. The molecule has 0 aromatic carbocycles. The Bertz CT molecular complexity index is 524. The van der Waals surface area contributed by atoms with Gasteiger partial charge in [0.2, 0.25) is 6.29 Å². The van der Waals surface area contributed by atoms with Gasteiger partial charge >= 0.3 is 23.9 Å². The van der Waals surface area contributed by atoms with Crippen molar-refractivity contribution in [2.45, 2.75) is 6.29 Å². The highest BCUT2D eigenvalue weighted by molar-refractivity contribution is 5.90. The lowest BCUT2D eigenvalue weighted by Gasteiger charge is -2.32. The maximum Gasteiger partial charge on any atom is 0.327 e. The molecule has 140 valence electrons. The first-order chi connectivity index (χ1) is 11.8. The second kappa shape index (κ2) is 8.85. The van der Waals surface area contributed by atoms with Crippen molar-refractivity contribution in [3.63, 3.8) is 0 Å². The predicted molar refractivity (Wildman–Crippen MR) is 80.2 cm³/mol. The Morgan fingerprint density at radius 2 is 1.60 bits per heavy atom. The summed E-state index contributed by atoms with van der Waals surface area (Å²) in [5, 5.41) is 18.4. The second-order valence-corrected chi connectivity index (χ2v) is 5.91. The van der Waals surface area contributed by atoms with Crippen LogP contribution in [0.25, 0.3) is 0 Å². The third-order valence-corrected chi connectivity index (χ3v) is 3.79.